The number of amides is 1. The van der Waals surface area contributed by atoms with Crippen molar-refractivity contribution in [1.82, 2.24) is 15.1 Å². The molecule has 0 heterocycles. The molecule has 0 aromatic heterocycles. The molecule has 0 rings (SSSR count). The predicted molar refractivity (Wildman–Crippen MR) is 85.7 cm³/mol. The van der Waals surface area contributed by atoms with E-state index < -0.39 is 5.54 Å². The fourth-order valence-corrected chi connectivity index (χ4v) is 2.18. The third-order valence-corrected chi connectivity index (χ3v) is 3.73. The van der Waals surface area contributed by atoms with Crippen LogP contribution in [0, 0.1) is 5.92 Å². The van der Waals surface area contributed by atoms with Crippen LogP contribution in [0.25, 0.3) is 0 Å². The molecule has 3 N–H and O–H groups in total. The van der Waals surface area contributed by atoms with Gasteiger partial charge in [-0.05, 0) is 53.4 Å². The predicted octanol–water partition coefficient (Wildman–Crippen LogP) is 0.750. The Kier molecular flexibility index (Phi) is 9.01. The maximum absolute atomic E-state index is 11.5. The van der Waals surface area contributed by atoms with Gasteiger partial charge in [0.2, 0.25) is 5.91 Å². The van der Waals surface area contributed by atoms with E-state index in [1.54, 1.807) is 7.05 Å². The van der Waals surface area contributed by atoms with Crippen LogP contribution in [0.3, 0.4) is 0 Å². The third-order valence-electron chi connectivity index (χ3n) is 3.73. The summed E-state index contributed by atoms with van der Waals surface area (Å²) in [6.45, 7) is 10.6. The molecule has 0 bridgehead atoms. The molecule has 0 saturated heterocycles. The Bertz CT molecular complexity index is 281. The van der Waals surface area contributed by atoms with Crippen molar-refractivity contribution in [1.29, 1.82) is 0 Å². The van der Waals surface area contributed by atoms with Crippen molar-refractivity contribution in [2.45, 2.75) is 39.2 Å². The van der Waals surface area contributed by atoms with E-state index in [4.69, 9.17) is 5.73 Å². The molecule has 1 atom stereocenters. The van der Waals surface area contributed by atoms with Crippen LogP contribution in [0.4, 0.5) is 0 Å². The summed E-state index contributed by atoms with van der Waals surface area (Å²) >= 11 is 0. The lowest BCUT2D eigenvalue weighted by molar-refractivity contribution is -0.123. The van der Waals surface area contributed by atoms with Gasteiger partial charge in [0.1, 0.15) is 0 Å². The zero-order chi connectivity index (χ0) is 15.8. The minimum absolute atomic E-state index is 0.274. The molecule has 0 spiro atoms. The summed E-state index contributed by atoms with van der Waals surface area (Å²) in [6.07, 6.45) is 1.75. The fraction of sp³-hybridized carbons (Fsp3) is 0.933. The average Bonchev–Trinajstić information content (AvgIpc) is 2.34. The second-order valence-corrected chi connectivity index (χ2v) is 6.55. The smallest absolute Gasteiger partial charge is 0.237 e. The van der Waals surface area contributed by atoms with E-state index in [1.165, 1.54) is 0 Å². The largest absolute Gasteiger partial charge is 0.368 e. The topological polar surface area (TPSA) is 61.6 Å². The molecule has 0 radical (unpaired) electrons. The Morgan fingerprint density at radius 2 is 1.85 bits per heavy atom. The molecule has 0 aliphatic rings. The number of primary amides is 1. The highest BCUT2D eigenvalue weighted by atomic mass is 16.1. The second-order valence-electron chi connectivity index (χ2n) is 6.55. The SMILES string of the molecule is CNC(C)(CCCN(CCN(C)C)CC(C)C)C(N)=O. The van der Waals surface area contributed by atoms with E-state index in [-0.39, 0.29) is 5.91 Å². The first-order valence-corrected chi connectivity index (χ1v) is 7.57. The number of hydrogen-bond donors (Lipinski definition) is 2. The lowest BCUT2D eigenvalue weighted by Gasteiger charge is -2.29. The van der Waals surface area contributed by atoms with Gasteiger partial charge in [0.15, 0.2) is 0 Å². The van der Waals surface area contributed by atoms with Crippen LogP contribution >= 0.6 is 0 Å². The molecule has 0 fully saturated rings. The van der Waals surface area contributed by atoms with Crippen LogP contribution in [-0.2, 0) is 4.79 Å². The van der Waals surface area contributed by atoms with Crippen molar-refractivity contribution in [3.8, 4) is 0 Å². The Labute approximate surface area is 124 Å². The molecule has 1 amide bonds. The first-order chi connectivity index (χ1) is 9.21. The minimum atomic E-state index is -0.592. The molecule has 0 aromatic rings. The summed E-state index contributed by atoms with van der Waals surface area (Å²) in [5.74, 6) is 0.382. The van der Waals surface area contributed by atoms with Gasteiger partial charge in [0, 0.05) is 19.6 Å². The number of likely N-dealkylation sites (N-methyl/N-ethyl adjacent to an activating group) is 2. The first kappa shape index (κ1) is 19.4. The number of hydrogen-bond acceptors (Lipinski definition) is 4. The van der Waals surface area contributed by atoms with Crippen LogP contribution in [0.1, 0.15) is 33.6 Å². The molecule has 120 valence electrons. The van der Waals surface area contributed by atoms with Crippen LogP contribution < -0.4 is 11.1 Å². The Morgan fingerprint density at radius 1 is 1.25 bits per heavy atom. The molecule has 0 aliphatic carbocycles. The van der Waals surface area contributed by atoms with Gasteiger partial charge in [-0.1, -0.05) is 13.8 Å². The van der Waals surface area contributed by atoms with E-state index in [2.05, 4.69) is 43.1 Å². The van der Waals surface area contributed by atoms with Gasteiger partial charge in [-0.2, -0.15) is 0 Å². The first-order valence-electron chi connectivity index (χ1n) is 7.57. The van der Waals surface area contributed by atoms with Crippen molar-refractivity contribution in [3.05, 3.63) is 0 Å². The highest BCUT2D eigenvalue weighted by molar-refractivity contribution is 5.84. The maximum atomic E-state index is 11.5. The summed E-state index contributed by atoms with van der Waals surface area (Å²) in [4.78, 5) is 16.1. The van der Waals surface area contributed by atoms with Gasteiger partial charge in [-0.3, -0.25) is 4.79 Å². The van der Waals surface area contributed by atoms with Crippen molar-refractivity contribution in [2.75, 3.05) is 47.3 Å². The lowest BCUT2D eigenvalue weighted by atomic mass is 9.95. The van der Waals surface area contributed by atoms with Crippen molar-refractivity contribution >= 4 is 5.91 Å². The molecular formula is C15H34N4O. The van der Waals surface area contributed by atoms with Crippen molar-refractivity contribution in [3.63, 3.8) is 0 Å². The number of nitrogens with zero attached hydrogens (tertiary/aromatic N) is 2. The fourth-order valence-electron chi connectivity index (χ4n) is 2.18. The van der Waals surface area contributed by atoms with Gasteiger partial charge in [-0.15, -0.1) is 0 Å². The van der Waals surface area contributed by atoms with Crippen LogP contribution in [0.5, 0.6) is 0 Å². The Balaban J connectivity index is 4.27. The van der Waals surface area contributed by atoms with Gasteiger partial charge >= 0.3 is 0 Å². The number of rotatable bonds is 11. The Morgan fingerprint density at radius 3 is 2.25 bits per heavy atom. The Hall–Kier alpha value is -0.650. The second kappa shape index (κ2) is 9.32. The molecule has 5 nitrogen and oxygen atoms in total. The summed E-state index contributed by atoms with van der Waals surface area (Å²) in [5, 5.41) is 3.04. The maximum Gasteiger partial charge on any atom is 0.237 e. The van der Waals surface area contributed by atoms with Gasteiger partial charge in [0.25, 0.3) is 0 Å². The quantitative estimate of drug-likeness (QED) is 0.588. The summed E-state index contributed by atoms with van der Waals surface area (Å²) < 4.78 is 0. The highest BCUT2D eigenvalue weighted by Crippen LogP contribution is 2.12. The van der Waals surface area contributed by atoms with Crippen molar-refractivity contribution < 1.29 is 4.79 Å². The molecule has 20 heavy (non-hydrogen) atoms. The number of nitrogens with one attached hydrogen (secondary N) is 1. The zero-order valence-electron chi connectivity index (χ0n) is 14.2. The highest BCUT2D eigenvalue weighted by Gasteiger charge is 2.28. The van der Waals surface area contributed by atoms with E-state index >= 15 is 0 Å². The van der Waals surface area contributed by atoms with E-state index in [9.17, 15) is 4.79 Å². The molecule has 0 aliphatic heterocycles. The summed E-state index contributed by atoms with van der Waals surface area (Å²) in [7, 11) is 5.99. The van der Waals surface area contributed by atoms with Gasteiger partial charge in [-0.25, -0.2) is 0 Å². The van der Waals surface area contributed by atoms with Crippen molar-refractivity contribution in [2.24, 2.45) is 11.7 Å². The molecule has 5 heteroatoms. The standard InChI is InChI=1S/C15H34N4O/c1-13(2)12-19(11-10-18(5)6)9-7-8-15(3,17-4)14(16)20/h13,17H,7-12H2,1-6H3,(H2,16,20). The number of nitrogens with two attached hydrogens (primary N) is 1. The molecule has 0 aromatic carbocycles. The zero-order valence-corrected chi connectivity index (χ0v) is 14.2. The minimum Gasteiger partial charge on any atom is -0.368 e. The number of carbonyl (C=O) groups is 1. The molecule has 1 unspecified atom stereocenters. The number of carbonyl (C=O) groups excluding carboxylic acids is 1. The normalized spacial score (nSPS) is 15.1. The monoisotopic (exact) mass is 286 g/mol. The molecule has 0 saturated carbocycles. The lowest BCUT2D eigenvalue weighted by Crippen LogP contribution is -2.51. The molecular weight excluding hydrogens is 252 g/mol. The third kappa shape index (κ3) is 7.82. The average molecular weight is 286 g/mol. The van der Waals surface area contributed by atoms with Crippen LogP contribution in [-0.4, -0.2) is 68.6 Å². The van der Waals surface area contributed by atoms with E-state index in [0.29, 0.717) is 5.92 Å². The van der Waals surface area contributed by atoms with Gasteiger partial charge < -0.3 is 20.9 Å². The summed E-state index contributed by atoms with van der Waals surface area (Å²) in [5.41, 5.74) is 4.86. The summed E-state index contributed by atoms with van der Waals surface area (Å²) in [6, 6.07) is 0. The van der Waals surface area contributed by atoms with E-state index in [0.717, 1.165) is 39.0 Å². The van der Waals surface area contributed by atoms with Crippen LogP contribution in [0.2, 0.25) is 0 Å². The van der Waals surface area contributed by atoms with Gasteiger partial charge in [0.05, 0.1) is 5.54 Å². The van der Waals surface area contributed by atoms with E-state index in [1.807, 2.05) is 6.92 Å². The van der Waals surface area contributed by atoms with Crippen LogP contribution in [0.15, 0.2) is 0 Å².